The Balaban J connectivity index is 3.98. The molecule has 0 aliphatic heterocycles. The molecule has 1 unspecified atom stereocenters. The van der Waals surface area contributed by atoms with E-state index in [-0.39, 0.29) is 6.17 Å². The summed E-state index contributed by atoms with van der Waals surface area (Å²) in [6.45, 7) is 5.61. The third-order valence-corrected chi connectivity index (χ3v) is 1.35. The topological polar surface area (TPSA) is 29.3 Å². The van der Waals surface area contributed by atoms with Gasteiger partial charge in [-0.25, -0.2) is 0 Å². The first kappa shape index (κ1) is 9.40. The number of hydrogen-bond acceptors (Lipinski definition) is 2. The zero-order valence-corrected chi connectivity index (χ0v) is 6.96. The van der Waals surface area contributed by atoms with E-state index >= 15 is 0 Å². The van der Waals surface area contributed by atoms with E-state index in [9.17, 15) is 0 Å². The van der Waals surface area contributed by atoms with Crippen molar-refractivity contribution in [2.24, 2.45) is 5.73 Å². The molecule has 0 saturated heterocycles. The smallest absolute Gasteiger partial charge is 0.0764 e. The van der Waals surface area contributed by atoms with Gasteiger partial charge in [-0.1, -0.05) is 24.3 Å². The predicted molar refractivity (Wildman–Crippen MR) is 45.6 cm³/mol. The summed E-state index contributed by atoms with van der Waals surface area (Å²) in [6.07, 6.45) is 3.76. The first-order valence-electron chi connectivity index (χ1n) is 3.30. The lowest BCUT2D eigenvalue weighted by Gasteiger charge is -2.15. The molecule has 0 fully saturated rings. The molecular formula is C8H16N2. The molecule has 0 aliphatic carbocycles. The van der Waals surface area contributed by atoms with E-state index in [2.05, 4.69) is 6.58 Å². The van der Waals surface area contributed by atoms with Gasteiger partial charge in [-0.2, -0.15) is 0 Å². The van der Waals surface area contributed by atoms with Gasteiger partial charge in [0.1, 0.15) is 0 Å². The Hall–Kier alpha value is -0.600. The normalized spacial score (nSPS) is 15.5. The van der Waals surface area contributed by atoms with Crippen molar-refractivity contribution in [2.45, 2.75) is 13.1 Å². The molecule has 2 heteroatoms. The Labute approximate surface area is 63.0 Å². The van der Waals surface area contributed by atoms with Crippen LogP contribution in [-0.2, 0) is 0 Å². The molecule has 0 aromatic carbocycles. The minimum Gasteiger partial charge on any atom is -0.312 e. The van der Waals surface area contributed by atoms with Crippen molar-refractivity contribution in [3.63, 3.8) is 0 Å². The molecule has 0 aliphatic rings. The van der Waals surface area contributed by atoms with E-state index < -0.39 is 0 Å². The van der Waals surface area contributed by atoms with E-state index in [1.54, 1.807) is 6.08 Å². The summed E-state index contributed by atoms with van der Waals surface area (Å²) in [4.78, 5) is 1.94. The van der Waals surface area contributed by atoms with Gasteiger partial charge in [0.2, 0.25) is 0 Å². The molecule has 2 nitrogen and oxygen atoms in total. The van der Waals surface area contributed by atoms with E-state index in [0.717, 1.165) is 5.57 Å². The number of nitrogens with two attached hydrogens (primary N) is 1. The standard InChI is InChI=1S/C8H16N2/c1-5-7(2)6-8(9)10(3)4/h5-6,8H,1,9H2,2-4H3/b7-6-. The van der Waals surface area contributed by atoms with E-state index in [0.29, 0.717) is 0 Å². The molecule has 2 N–H and O–H groups in total. The molecule has 0 aromatic rings. The van der Waals surface area contributed by atoms with Gasteiger partial charge < -0.3 is 5.73 Å². The van der Waals surface area contributed by atoms with Crippen molar-refractivity contribution < 1.29 is 0 Å². The number of nitrogens with zero attached hydrogens (tertiary/aromatic N) is 1. The second-order valence-corrected chi connectivity index (χ2v) is 2.57. The lowest BCUT2D eigenvalue weighted by atomic mass is 10.2. The second-order valence-electron chi connectivity index (χ2n) is 2.57. The van der Waals surface area contributed by atoms with Gasteiger partial charge in [-0.3, -0.25) is 4.90 Å². The fourth-order valence-corrected chi connectivity index (χ4v) is 0.486. The largest absolute Gasteiger partial charge is 0.312 e. The van der Waals surface area contributed by atoms with E-state index in [1.807, 2.05) is 32.0 Å². The van der Waals surface area contributed by atoms with Crippen molar-refractivity contribution in [1.82, 2.24) is 4.90 Å². The molecule has 1 atom stereocenters. The summed E-state index contributed by atoms with van der Waals surface area (Å²) in [7, 11) is 3.88. The van der Waals surface area contributed by atoms with Crippen molar-refractivity contribution in [3.05, 3.63) is 24.3 Å². The zero-order valence-electron chi connectivity index (χ0n) is 6.96. The summed E-state index contributed by atoms with van der Waals surface area (Å²) in [5.74, 6) is 0. The van der Waals surface area contributed by atoms with Crippen molar-refractivity contribution in [2.75, 3.05) is 14.1 Å². The van der Waals surface area contributed by atoms with Crippen molar-refractivity contribution >= 4 is 0 Å². The van der Waals surface area contributed by atoms with Gasteiger partial charge in [0.15, 0.2) is 0 Å². The Morgan fingerprint density at radius 3 is 2.40 bits per heavy atom. The van der Waals surface area contributed by atoms with Crippen molar-refractivity contribution in [3.8, 4) is 0 Å². The van der Waals surface area contributed by atoms with Crippen LogP contribution in [0.25, 0.3) is 0 Å². The predicted octanol–water partition coefficient (Wildman–Crippen LogP) is 0.965. The molecule has 58 valence electrons. The molecule has 0 bridgehead atoms. The van der Waals surface area contributed by atoms with Crippen LogP contribution in [0.15, 0.2) is 24.3 Å². The fourth-order valence-electron chi connectivity index (χ4n) is 0.486. The van der Waals surface area contributed by atoms with E-state index in [1.165, 1.54) is 0 Å². The second kappa shape index (κ2) is 4.25. The monoisotopic (exact) mass is 140 g/mol. The first-order valence-corrected chi connectivity index (χ1v) is 3.30. The molecular weight excluding hydrogens is 124 g/mol. The van der Waals surface area contributed by atoms with Crippen LogP contribution >= 0.6 is 0 Å². The van der Waals surface area contributed by atoms with Crippen LogP contribution in [0.5, 0.6) is 0 Å². The molecule has 0 heterocycles. The minimum atomic E-state index is -0.00185. The van der Waals surface area contributed by atoms with Gasteiger partial charge in [-0.15, -0.1) is 0 Å². The maximum atomic E-state index is 5.69. The number of rotatable bonds is 3. The van der Waals surface area contributed by atoms with Gasteiger partial charge in [0.05, 0.1) is 6.17 Å². The maximum absolute atomic E-state index is 5.69. The highest BCUT2D eigenvalue weighted by atomic mass is 15.2. The van der Waals surface area contributed by atoms with Crippen LogP contribution in [-0.4, -0.2) is 25.2 Å². The minimum absolute atomic E-state index is 0.00185. The van der Waals surface area contributed by atoms with Gasteiger partial charge in [0, 0.05) is 0 Å². The maximum Gasteiger partial charge on any atom is 0.0764 e. The summed E-state index contributed by atoms with van der Waals surface area (Å²) < 4.78 is 0. The molecule has 0 rings (SSSR count). The highest BCUT2D eigenvalue weighted by molar-refractivity contribution is 5.14. The summed E-state index contributed by atoms with van der Waals surface area (Å²) >= 11 is 0. The first-order chi connectivity index (χ1) is 4.57. The third-order valence-electron chi connectivity index (χ3n) is 1.35. The van der Waals surface area contributed by atoms with Crippen LogP contribution in [0, 0.1) is 0 Å². The lowest BCUT2D eigenvalue weighted by molar-refractivity contribution is 0.350. The van der Waals surface area contributed by atoms with Gasteiger partial charge >= 0.3 is 0 Å². The molecule has 0 saturated carbocycles. The van der Waals surface area contributed by atoms with Crippen LogP contribution < -0.4 is 5.73 Å². The Morgan fingerprint density at radius 1 is 1.60 bits per heavy atom. The van der Waals surface area contributed by atoms with Crippen LogP contribution in [0.1, 0.15) is 6.92 Å². The van der Waals surface area contributed by atoms with Crippen LogP contribution in [0.2, 0.25) is 0 Å². The Bertz CT molecular complexity index is 136. The Kier molecular flexibility index (Phi) is 4.00. The molecule has 0 aromatic heterocycles. The summed E-state index contributed by atoms with van der Waals surface area (Å²) in [6, 6.07) is 0. The molecule has 0 amide bonds. The molecule has 0 spiro atoms. The SMILES string of the molecule is C=C/C(C)=C\C(N)N(C)C. The van der Waals surface area contributed by atoms with Crippen LogP contribution in [0.4, 0.5) is 0 Å². The van der Waals surface area contributed by atoms with Crippen LogP contribution in [0.3, 0.4) is 0 Å². The fraction of sp³-hybridized carbons (Fsp3) is 0.500. The average molecular weight is 140 g/mol. The third kappa shape index (κ3) is 3.43. The zero-order chi connectivity index (χ0) is 8.15. The number of allylic oxidation sites excluding steroid dienone is 2. The number of likely N-dealkylation sites (N-methyl/N-ethyl adjacent to an activating group) is 1. The summed E-state index contributed by atoms with van der Waals surface area (Å²) in [5.41, 5.74) is 6.81. The van der Waals surface area contributed by atoms with Gasteiger partial charge in [0.25, 0.3) is 0 Å². The average Bonchev–Trinajstić information content (AvgIpc) is 1.87. The molecule has 10 heavy (non-hydrogen) atoms. The lowest BCUT2D eigenvalue weighted by Crippen LogP contribution is -2.34. The Morgan fingerprint density at radius 2 is 2.10 bits per heavy atom. The number of hydrogen-bond donors (Lipinski definition) is 1. The highest BCUT2D eigenvalue weighted by Gasteiger charge is 1.98. The highest BCUT2D eigenvalue weighted by Crippen LogP contribution is 1.95. The van der Waals surface area contributed by atoms with Crippen molar-refractivity contribution in [1.29, 1.82) is 0 Å². The van der Waals surface area contributed by atoms with E-state index in [4.69, 9.17) is 5.73 Å². The molecule has 0 radical (unpaired) electrons. The summed E-state index contributed by atoms with van der Waals surface area (Å²) in [5, 5.41) is 0. The van der Waals surface area contributed by atoms with Gasteiger partial charge in [-0.05, 0) is 21.0 Å². The quantitative estimate of drug-likeness (QED) is 0.467.